The molecule has 6 heteroatoms. The lowest BCUT2D eigenvalue weighted by Gasteiger charge is -2.37. The largest absolute Gasteiger partial charge is 0.459 e. The third kappa shape index (κ3) is 5.58. The lowest BCUT2D eigenvalue weighted by molar-refractivity contribution is -0.0515. The zero-order valence-corrected chi connectivity index (χ0v) is 17.5. The molecule has 30 heavy (non-hydrogen) atoms. The van der Waals surface area contributed by atoms with Gasteiger partial charge in [-0.15, -0.1) is 0 Å². The van der Waals surface area contributed by atoms with Gasteiger partial charge in [-0.2, -0.15) is 0 Å². The van der Waals surface area contributed by atoms with E-state index < -0.39 is 17.6 Å². The van der Waals surface area contributed by atoms with Gasteiger partial charge >= 0.3 is 5.97 Å². The molecule has 0 unspecified atom stereocenters. The molecular formula is C24H32F2O4. The minimum absolute atomic E-state index is 0.0205. The van der Waals surface area contributed by atoms with Crippen molar-refractivity contribution in [1.29, 1.82) is 0 Å². The van der Waals surface area contributed by atoms with Crippen molar-refractivity contribution in [3.63, 3.8) is 0 Å². The molecule has 0 spiro atoms. The van der Waals surface area contributed by atoms with Gasteiger partial charge < -0.3 is 14.2 Å². The molecule has 4 rings (SSSR count). The van der Waals surface area contributed by atoms with E-state index in [1.165, 1.54) is 38.2 Å². The monoisotopic (exact) mass is 422 g/mol. The Morgan fingerprint density at radius 2 is 1.50 bits per heavy atom. The molecule has 1 saturated heterocycles. The summed E-state index contributed by atoms with van der Waals surface area (Å²) in [6.07, 6.45) is 11.2. The van der Waals surface area contributed by atoms with Crippen molar-refractivity contribution in [3.8, 4) is 0 Å². The lowest BCUT2D eigenvalue weighted by Crippen LogP contribution is -2.30. The van der Waals surface area contributed by atoms with Gasteiger partial charge in [-0.25, -0.2) is 13.6 Å². The molecule has 1 heterocycles. The Morgan fingerprint density at radius 3 is 2.13 bits per heavy atom. The highest BCUT2D eigenvalue weighted by Gasteiger charge is 2.32. The number of hydrogen-bond acceptors (Lipinski definition) is 4. The van der Waals surface area contributed by atoms with Crippen LogP contribution in [0.15, 0.2) is 18.2 Å². The van der Waals surface area contributed by atoms with Crippen LogP contribution in [0.3, 0.4) is 0 Å². The van der Waals surface area contributed by atoms with Crippen LogP contribution in [-0.2, 0) is 14.2 Å². The minimum atomic E-state index is -1.02. The van der Waals surface area contributed by atoms with Crippen molar-refractivity contribution in [2.24, 2.45) is 17.8 Å². The van der Waals surface area contributed by atoms with Crippen molar-refractivity contribution in [1.82, 2.24) is 0 Å². The molecule has 0 radical (unpaired) electrons. The second kappa shape index (κ2) is 10.2. The molecule has 4 nitrogen and oxygen atoms in total. The van der Waals surface area contributed by atoms with Crippen LogP contribution in [0, 0.1) is 29.4 Å². The molecule has 166 valence electrons. The molecule has 1 aromatic rings. The topological polar surface area (TPSA) is 44.8 Å². The highest BCUT2D eigenvalue weighted by molar-refractivity contribution is 5.89. The highest BCUT2D eigenvalue weighted by atomic mass is 19.2. The Bertz CT molecular complexity index is 703. The first-order valence-electron chi connectivity index (χ1n) is 11.5. The minimum Gasteiger partial charge on any atom is -0.459 e. The molecule has 0 bridgehead atoms. The number of rotatable bonds is 6. The highest BCUT2D eigenvalue weighted by Crippen LogP contribution is 2.41. The summed E-state index contributed by atoms with van der Waals surface area (Å²) < 4.78 is 43.0. The van der Waals surface area contributed by atoms with Crippen molar-refractivity contribution >= 4 is 5.97 Å². The predicted octanol–water partition coefficient (Wildman–Crippen LogP) is 5.64. The summed E-state index contributed by atoms with van der Waals surface area (Å²) in [4.78, 5) is 12.2. The van der Waals surface area contributed by atoms with E-state index in [-0.39, 0.29) is 18.0 Å². The normalized spacial score (nSPS) is 30.3. The number of benzene rings is 1. The number of carbonyl (C=O) groups excluding carboxylic acids is 1. The fraction of sp³-hybridized carbons (Fsp3) is 0.708. The zero-order valence-electron chi connectivity index (χ0n) is 17.5. The van der Waals surface area contributed by atoms with Crippen LogP contribution in [0.25, 0.3) is 0 Å². The smallest absolute Gasteiger partial charge is 0.338 e. The van der Waals surface area contributed by atoms with E-state index in [1.807, 2.05) is 0 Å². The third-order valence-electron chi connectivity index (χ3n) is 7.21. The summed E-state index contributed by atoms with van der Waals surface area (Å²) in [6, 6.07) is 3.15. The number of halogens is 2. The summed E-state index contributed by atoms with van der Waals surface area (Å²) in [5, 5.41) is 0. The van der Waals surface area contributed by atoms with Crippen LogP contribution in [-0.4, -0.2) is 31.6 Å². The van der Waals surface area contributed by atoms with Crippen LogP contribution in [0.4, 0.5) is 8.78 Å². The molecule has 1 aromatic carbocycles. The molecule has 3 fully saturated rings. The van der Waals surface area contributed by atoms with Crippen molar-refractivity contribution < 1.29 is 27.8 Å². The van der Waals surface area contributed by atoms with E-state index in [0.29, 0.717) is 5.92 Å². The van der Waals surface area contributed by atoms with Crippen LogP contribution in [0.5, 0.6) is 0 Å². The first-order chi connectivity index (χ1) is 14.6. The maximum absolute atomic E-state index is 13.3. The number of ether oxygens (including phenoxy) is 3. The fourth-order valence-electron chi connectivity index (χ4n) is 5.41. The molecule has 1 aliphatic heterocycles. The maximum atomic E-state index is 13.3. The van der Waals surface area contributed by atoms with Crippen LogP contribution in [0.1, 0.15) is 74.6 Å². The molecular weight excluding hydrogens is 390 g/mol. The average molecular weight is 423 g/mol. The predicted molar refractivity (Wildman–Crippen MR) is 108 cm³/mol. The number of esters is 1. The molecule has 0 amide bonds. The summed E-state index contributed by atoms with van der Waals surface area (Å²) >= 11 is 0. The standard InChI is InChI=1S/C24H32F2O4/c25-21-11-8-19(15-22(21)26)24(27)30-20-9-6-18(7-10-20)17-4-1-16(2-5-17)3-12-23-28-13-14-29-23/h8,11,15-18,20,23H,1-7,9-10,12-14H2/t16-,17-,18?,20?. The summed E-state index contributed by atoms with van der Waals surface area (Å²) in [6.45, 7) is 1.46. The van der Waals surface area contributed by atoms with E-state index in [9.17, 15) is 13.6 Å². The first-order valence-corrected chi connectivity index (χ1v) is 11.5. The Labute approximate surface area is 177 Å². The number of hydrogen-bond donors (Lipinski definition) is 0. The summed E-state index contributed by atoms with van der Waals surface area (Å²) in [5.41, 5.74) is 0.0720. The van der Waals surface area contributed by atoms with Gasteiger partial charge in [0.25, 0.3) is 0 Å². The Hall–Kier alpha value is -1.53. The van der Waals surface area contributed by atoms with Gasteiger partial charge in [0, 0.05) is 0 Å². The molecule has 0 N–H and O–H groups in total. The first kappa shape index (κ1) is 21.7. The van der Waals surface area contributed by atoms with E-state index in [2.05, 4.69) is 0 Å². The van der Waals surface area contributed by atoms with E-state index >= 15 is 0 Å². The van der Waals surface area contributed by atoms with E-state index in [0.717, 1.165) is 69.3 Å². The van der Waals surface area contributed by atoms with E-state index in [1.54, 1.807) is 0 Å². The lowest BCUT2D eigenvalue weighted by atomic mass is 9.70. The molecule has 0 atom stereocenters. The average Bonchev–Trinajstić information content (AvgIpc) is 3.29. The summed E-state index contributed by atoms with van der Waals surface area (Å²) in [5.74, 6) is -0.252. The van der Waals surface area contributed by atoms with Crippen molar-refractivity contribution in [2.45, 2.75) is 76.6 Å². The van der Waals surface area contributed by atoms with Crippen molar-refractivity contribution in [3.05, 3.63) is 35.4 Å². The van der Waals surface area contributed by atoms with Crippen molar-refractivity contribution in [2.75, 3.05) is 13.2 Å². The van der Waals surface area contributed by atoms with Crippen LogP contribution >= 0.6 is 0 Å². The van der Waals surface area contributed by atoms with Crippen LogP contribution < -0.4 is 0 Å². The zero-order chi connectivity index (χ0) is 20.9. The fourth-order valence-corrected chi connectivity index (χ4v) is 5.41. The maximum Gasteiger partial charge on any atom is 0.338 e. The SMILES string of the molecule is O=C(OC1CCC([C@H]2CC[C@H](CCC3OCCO3)CC2)CC1)c1ccc(F)c(F)c1. The third-order valence-corrected chi connectivity index (χ3v) is 7.21. The molecule has 2 aliphatic carbocycles. The van der Waals surface area contributed by atoms with Gasteiger partial charge in [-0.3, -0.25) is 0 Å². The Balaban J connectivity index is 1.16. The Kier molecular flexibility index (Phi) is 7.37. The second-order valence-corrected chi connectivity index (χ2v) is 9.10. The van der Waals surface area contributed by atoms with Gasteiger partial charge in [0.2, 0.25) is 0 Å². The van der Waals surface area contributed by atoms with Crippen LogP contribution in [0.2, 0.25) is 0 Å². The molecule has 2 saturated carbocycles. The summed E-state index contributed by atoms with van der Waals surface area (Å²) in [7, 11) is 0. The van der Waals surface area contributed by atoms with Gasteiger partial charge in [0.15, 0.2) is 17.9 Å². The quantitative estimate of drug-likeness (QED) is 0.557. The molecule has 0 aromatic heterocycles. The van der Waals surface area contributed by atoms with Gasteiger partial charge in [0.1, 0.15) is 6.10 Å². The van der Waals surface area contributed by atoms with Gasteiger partial charge in [-0.05, 0) is 87.3 Å². The van der Waals surface area contributed by atoms with E-state index in [4.69, 9.17) is 14.2 Å². The Morgan fingerprint density at radius 1 is 0.867 bits per heavy atom. The molecule has 3 aliphatic rings. The van der Waals surface area contributed by atoms with Gasteiger partial charge in [-0.1, -0.05) is 12.8 Å². The number of carbonyl (C=O) groups is 1. The van der Waals surface area contributed by atoms with Gasteiger partial charge in [0.05, 0.1) is 18.8 Å². The second-order valence-electron chi connectivity index (χ2n) is 9.10.